The molecule has 1 aromatic rings. The van der Waals surface area contributed by atoms with Crippen molar-refractivity contribution < 1.29 is 5.11 Å². The highest BCUT2D eigenvalue weighted by atomic mass is 16.3. The van der Waals surface area contributed by atoms with Crippen LogP contribution in [0.15, 0.2) is 12.3 Å². The van der Waals surface area contributed by atoms with E-state index < -0.39 is 0 Å². The van der Waals surface area contributed by atoms with Crippen LogP contribution in [0.25, 0.3) is 0 Å². The summed E-state index contributed by atoms with van der Waals surface area (Å²) in [4.78, 5) is 14.6. The molecule has 0 aromatic carbocycles. The van der Waals surface area contributed by atoms with E-state index in [1.165, 1.54) is 63.5 Å². The fourth-order valence-corrected chi connectivity index (χ4v) is 5.31. The number of piperazine rings is 1. The Kier molecular flexibility index (Phi) is 6.05. The van der Waals surface area contributed by atoms with Crippen molar-refractivity contribution >= 4 is 5.95 Å². The Balaban J connectivity index is 1.45. The van der Waals surface area contributed by atoms with Gasteiger partial charge in [0.25, 0.3) is 0 Å². The van der Waals surface area contributed by atoms with E-state index in [1.807, 2.05) is 6.20 Å². The van der Waals surface area contributed by atoms with Gasteiger partial charge in [0.2, 0.25) is 5.95 Å². The number of aliphatic hydroxyl groups excluding tert-OH is 1. The molecule has 5 nitrogen and oxygen atoms in total. The lowest BCUT2D eigenvalue weighted by molar-refractivity contribution is 0.0753. The third-order valence-corrected chi connectivity index (χ3v) is 6.75. The standard InChI is InChI=1S/C21H34N4O/c26-15-11-19-16-24(13-14-25(19)18-8-2-1-3-9-18)21-22-12-10-20(23-21)17-6-4-5-7-17/h10,12,17-19,26H,1-9,11,13-16H2. The van der Waals surface area contributed by atoms with E-state index in [4.69, 9.17) is 4.98 Å². The lowest BCUT2D eigenvalue weighted by Crippen LogP contribution is -2.57. The van der Waals surface area contributed by atoms with Crippen molar-refractivity contribution in [3.05, 3.63) is 18.0 Å². The molecule has 2 aliphatic carbocycles. The van der Waals surface area contributed by atoms with Crippen LogP contribution in [0.1, 0.15) is 75.8 Å². The molecule has 1 saturated heterocycles. The van der Waals surface area contributed by atoms with Crippen molar-refractivity contribution in [2.24, 2.45) is 0 Å². The van der Waals surface area contributed by atoms with Gasteiger partial charge in [0.1, 0.15) is 0 Å². The Morgan fingerprint density at radius 1 is 1.00 bits per heavy atom. The molecule has 0 radical (unpaired) electrons. The van der Waals surface area contributed by atoms with Gasteiger partial charge in [-0.1, -0.05) is 32.1 Å². The zero-order valence-electron chi connectivity index (χ0n) is 16.0. The van der Waals surface area contributed by atoms with Gasteiger partial charge < -0.3 is 10.0 Å². The van der Waals surface area contributed by atoms with Crippen LogP contribution < -0.4 is 4.90 Å². The minimum Gasteiger partial charge on any atom is -0.396 e. The molecule has 2 heterocycles. The number of hydrogen-bond acceptors (Lipinski definition) is 5. The van der Waals surface area contributed by atoms with Crippen LogP contribution in [0.3, 0.4) is 0 Å². The SMILES string of the molecule is OCCC1CN(c2nccc(C3CCCC3)n2)CCN1C1CCCCC1. The molecule has 0 amide bonds. The third kappa shape index (κ3) is 4.04. The number of nitrogens with zero attached hydrogens (tertiary/aromatic N) is 4. The summed E-state index contributed by atoms with van der Waals surface area (Å²) in [5.41, 5.74) is 1.24. The highest BCUT2D eigenvalue weighted by Crippen LogP contribution is 2.34. The maximum atomic E-state index is 9.60. The smallest absolute Gasteiger partial charge is 0.225 e. The van der Waals surface area contributed by atoms with E-state index in [2.05, 4.69) is 20.9 Å². The van der Waals surface area contributed by atoms with Gasteiger partial charge >= 0.3 is 0 Å². The topological polar surface area (TPSA) is 52.5 Å². The Hall–Kier alpha value is -1.20. The van der Waals surface area contributed by atoms with E-state index in [-0.39, 0.29) is 6.61 Å². The molecule has 1 aliphatic heterocycles. The van der Waals surface area contributed by atoms with Gasteiger partial charge in [0.05, 0.1) is 0 Å². The third-order valence-electron chi connectivity index (χ3n) is 6.75. The number of anilines is 1. The van der Waals surface area contributed by atoms with Gasteiger partial charge in [0, 0.05) is 56.1 Å². The molecule has 2 saturated carbocycles. The highest BCUT2D eigenvalue weighted by Gasteiger charge is 2.33. The van der Waals surface area contributed by atoms with Gasteiger partial charge in [-0.15, -0.1) is 0 Å². The van der Waals surface area contributed by atoms with Crippen LogP contribution in [0, 0.1) is 0 Å². The molecule has 144 valence electrons. The summed E-state index contributed by atoms with van der Waals surface area (Å²) in [6.07, 6.45) is 14.8. The molecule has 1 aromatic heterocycles. The molecule has 0 bridgehead atoms. The van der Waals surface area contributed by atoms with Crippen molar-refractivity contribution in [1.82, 2.24) is 14.9 Å². The average Bonchev–Trinajstić information content (AvgIpc) is 3.24. The van der Waals surface area contributed by atoms with Gasteiger partial charge in [-0.05, 0) is 38.2 Å². The Morgan fingerprint density at radius 2 is 1.77 bits per heavy atom. The second-order valence-electron chi connectivity index (χ2n) is 8.40. The van der Waals surface area contributed by atoms with Crippen LogP contribution in [0.5, 0.6) is 0 Å². The Labute approximate surface area is 157 Å². The molecular weight excluding hydrogens is 324 g/mol. The lowest BCUT2D eigenvalue weighted by atomic mass is 9.92. The summed E-state index contributed by atoms with van der Waals surface area (Å²) in [6.45, 7) is 3.30. The molecule has 4 rings (SSSR count). The molecule has 26 heavy (non-hydrogen) atoms. The van der Waals surface area contributed by atoms with Crippen LogP contribution in [-0.2, 0) is 0 Å². The predicted octanol–water partition coefficient (Wildman–Crippen LogP) is 3.34. The molecule has 5 heteroatoms. The lowest BCUT2D eigenvalue weighted by Gasteiger charge is -2.46. The minimum atomic E-state index is 0.269. The number of aliphatic hydroxyl groups is 1. The Morgan fingerprint density at radius 3 is 2.54 bits per heavy atom. The van der Waals surface area contributed by atoms with Crippen LogP contribution in [0.2, 0.25) is 0 Å². The number of rotatable bonds is 5. The van der Waals surface area contributed by atoms with Crippen molar-refractivity contribution in [2.45, 2.75) is 82.2 Å². The maximum absolute atomic E-state index is 9.60. The molecule has 3 aliphatic rings. The maximum Gasteiger partial charge on any atom is 0.225 e. The average molecular weight is 359 g/mol. The molecule has 1 unspecified atom stereocenters. The van der Waals surface area contributed by atoms with Gasteiger partial charge in [-0.3, -0.25) is 4.90 Å². The van der Waals surface area contributed by atoms with Crippen molar-refractivity contribution in [1.29, 1.82) is 0 Å². The summed E-state index contributed by atoms with van der Waals surface area (Å²) >= 11 is 0. The minimum absolute atomic E-state index is 0.269. The van der Waals surface area contributed by atoms with Gasteiger partial charge in [-0.2, -0.15) is 0 Å². The first kappa shape index (κ1) is 18.2. The van der Waals surface area contributed by atoms with Crippen molar-refractivity contribution in [3.8, 4) is 0 Å². The monoisotopic (exact) mass is 358 g/mol. The van der Waals surface area contributed by atoms with Crippen LogP contribution in [0.4, 0.5) is 5.95 Å². The second-order valence-corrected chi connectivity index (χ2v) is 8.40. The normalized spacial score (nSPS) is 26.5. The zero-order chi connectivity index (χ0) is 17.8. The van der Waals surface area contributed by atoms with Gasteiger partial charge in [-0.25, -0.2) is 9.97 Å². The number of hydrogen-bond donors (Lipinski definition) is 1. The Bertz CT molecular complexity index is 569. The first-order chi connectivity index (χ1) is 12.8. The summed E-state index contributed by atoms with van der Waals surface area (Å²) in [7, 11) is 0. The first-order valence-electron chi connectivity index (χ1n) is 10.8. The fourth-order valence-electron chi connectivity index (χ4n) is 5.31. The first-order valence-corrected chi connectivity index (χ1v) is 10.8. The predicted molar refractivity (Wildman–Crippen MR) is 105 cm³/mol. The summed E-state index contributed by atoms with van der Waals surface area (Å²) in [5, 5.41) is 9.60. The zero-order valence-corrected chi connectivity index (χ0v) is 16.0. The summed E-state index contributed by atoms with van der Waals surface area (Å²) < 4.78 is 0. The highest BCUT2D eigenvalue weighted by molar-refractivity contribution is 5.33. The fraction of sp³-hybridized carbons (Fsp3) is 0.810. The van der Waals surface area contributed by atoms with E-state index in [9.17, 15) is 5.11 Å². The van der Waals surface area contributed by atoms with E-state index in [0.29, 0.717) is 18.0 Å². The molecular formula is C21H34N4O. The largest absolute Gasteiger partial charge is 0.396 e. The second kappa shape index (κ2) is 8.66. The van der Waals surface area contributed by atoms with E-state index >= 15 is 0 Å². The van der Waals surface area contributed by atoms with Crippen molar-refractivity contribution in [3.63, 3.8) is 0 Å². The van der Waals surface area contributed by atoms with Crippen LogP contribution in [-0.4, -0.2) is 58.3 Å². The molecule has 1 atom stereocenters. The van der Waals surface area contributed by atoms with Crippen LogP contribution >= 0.6 is 0 Å². The van der Waals surface area contributed by atoms with E-state index in [0.717, 1.165) is 32.0 Å². The molecule has 0 spiro atoms. The quantitative estimate of drug-likeness (QED) is 0.875. The summed E-state index contributed by atoms with van der Waals surface area (Å²) in [5.74, 6) is 1.54. The molecule has 3 fully saturated rings. The van der Waals surface area contributed by atoms with Crippen molar-refractivity contribution in [2.75, 3.05) is 31.1 Å². The summed E-state index contributed by atoms with van der Waals surface area (Å²) in [6, 6.07) is 3.26. The molecule has 1 N–H and O–H groups in total. The van der Waals surface area contributed by atoms with Gasteiger partial charge in [0.15, 0.2) is 0 Å². The van der Waals surface area contributed by atoms with E-state index in [1.54, 1.807) is 0 Å². The number of aromatic nitrogens is 2.